The van der Waals surface area contributed by atoms with Crippen LogP contribution in [0.3, 0.4) is 0 Å². The summed E-state index contributed by atoms with van der Waals surface area (Å²) in [4.78, 5) is 3.59. The first-order valence-electron chi connectivity index (χ1n) is 6.02. The molecule has 0 amide bonds. The molecule has 0 saturated heterocycles. The van der Waals surface area contributed by atoms with Crippen molar-refractivity contribution >= 4 is 10.9 Å². The molecule has 1 heterocycles. The van der Waals surface area contributed by atoms with Crippen molar-refractivity contribution in [3.8, 4) is 0 Å². The number of hydrogen-bond acceptors (Lipinski definition) is 1. The summed E-state index contributed by atoms with van der Waals surface area (Å²) >= 11 is 0. The Kier molecular flexibility index (Phi) is 2.08. The number of benzene rings is 1. The molecule has 0 radical (unpaired) electrons. The summed E-state index contributed by atoms with van der Waals surface area (Å²) < 4.78 is 0. The molecular formula is C14H18N2. The van der Waals surface area contributed by atoms with E-state index in [1.165, 1.54) is 33.3 Å². The smallest absolute Gasteiger partial charge is 0.0491 e. The molecular weight excluding hydrogens is 196 g/mol. The minimum Gasteiger partial charge on any atom is -0.358 e. The van der Waals surface area contributed by atoms with Crippen molar-refractivity contribution in [2.75, 3.05) is 0 Å². The maximum Gasteiger partial charge on any atom is 0.0491 e. The van der Waals surface area contributed by atoms with Crippen molar-refractivity contribution < 1.29 is 0 Å². The molecule has 1 aliphatic carbocycles. The zero-order valence-corrected chi connectivity index (χ0v) is 9.93. The molecule has 2 heteroatoms. The van der Waals surface area contributed by atoms with Crippen LogP contribution in [0.1, 0.15) is 28.8 Å². The van der Waals surface area contributed by atoms with Gasteiger partial charge in [-0.3, -0.25) is 0 Å². The molecule has 1 aromatic carbocycles. The van der Waals surface area contributed by atoms with Crippen LogP contribution in [0.25, 0.3) is 10.9 Å². The van der Waals surface area contributed by atoms with Gasteiger partial charge in [0.25, 0.3) is 0 Å². The van der Waals surface area contributed by atoms with Crippen LogP contribution in [0.15, 0.2) is 12.1 Å². The third-order valence-corrected chi connectivity index (χ3v) is 3.93. The molecule has 0 saturated carbocycles. The van der Waals surface area contributed by atoms with Crippen LogP contribution in [-0.2, 0) is 12.8 Å². The van der Waals surface area contributed by atoms with E-state index in [-0.39, 0.29) is 0 Å². The summed E-state index contributed by atoms with van der Waals surface area (Å²) in [6.07, 6.45) is 3.24. The monoisotopic (exact) mass is 214 g/mol. The molecule has 3 rings (SSSR count). The Morgan fingerprint density at radius 2 is 2.12 bits per heavy atom. The summed E-state index contributed by atoms with van der Waals surface area (Å²) in [5.41, 5.74) is 13.0. The van der Waals surface area contributed by atoms with Crippen LogP contribution < -0.4 is 5.73 Å². The van der Waals surface area contributed by atoms with E-state index in [9.17, 15) is 0 Å². The standard InChI is InChI=1S/C14H18N2/c1-8-3-5-11-12-7-10(15)4-6-13(12)16-14(11)9(8)2/h3,5,10,16H,4,6-7,15H2,1-2H3. The molecule has 0 bridgehead atoms. The van der Waals surface area contributed by atoms with E-state index in [0.29, 0.717) is 6.04 Å². The molecule has 2 aromatic rings. The first kappa shape index (κ1) is 9.91. The largest absolute Gasteiger partial charge is 0.358 e. The van der Waals surface area contributed by atoms with Gasteiger partial charge in [-0.25, -0.2) is 0 Å². The zero-order valence-electron chi connectivity index (χ0n) is 9.93. The molecule has 1 aliphatic rings. The fraction of sp³-hybridized carbons (Fsp3) is 0.429. The normalized spacial score (nSPS) is 20.1. The van der Waals surface area contributed by atoms with Crippen molar-refractivity contribution in [3.63, 3.8) is 0 Å². The lowest BCUT2D eigenvalue weighted by atomic mass is 9.91. The Labute approximate surface area is 95.8 Å². The highest BCUT2D eigenvalue weighted by Gasteiger charge is 2.20. The summed E-state index contributed by atoms with van der Waals surface area (Å²) in [5, 5.41) is 1.38. The first-order valence-corrected chi connectivity index (χ1v) is 6.02. The van der Waals surface area contributed by atoms with E-state index in [0.717, 1.165) is 19.3 Å². The highest BCUT2D eigenvalue weighted by Crippen LogP contribution is 2.31. The predicted molar refractivity (Wildman–Crippen MR) is 67.8 cm³/mol. The van der Waals surface area contributed by atoms with E-state index >= 15 is 0 Å². The second-order valence-electron chi connectivity index (χ2n) is 5.02. The lowest BCUT2D eigenvalue weighted by molar-refractivity contribution is 0.574. The van der Waals surface area contributed by atoms with Crippen molar-refractivity contribution in [2.45, 2.75) is 39.2 Å². The third-order valence-electron chi connectivity index (χ3n) is 3.93. The van der Waals surface area contributed by atoms with Crippen LogP contribution in [-0.4, -0.2) is 11.0 Å². The van der Waals surface area contributed by atoms with Crippen molar-refractivity contribution in [1.29, 1.82) is 0 Å². The van der Waals surface area contributed by atoms with Gasteiger partial charge in [0.2, 0.25) is 0 Å². The van der Waals surface area contributed by atoms with Crippen LogP contribution in [0.4, 0.5) is 0 Å². The number of H-pyrrole nitrogens is 1. The second-order valence-corrected chi connectivity index (χ2v) is 5.02. The Hall–Kier alpha value is -1.28. The van der Waals surface area contributed by atoms with E-state index in [1.807, 2.05) is 0 Å². The molecule has 1 aromatic heterocycles. The van der Waals surface area contributed by atoms with Gasteiger partial charge >= 0.3 is 0 Å². The maximum atomic E-state index is 6.05. The number of aromatic amines is 1. The number of aryl methyl sites for hydroxylation is 3. The van der Waals surface area contributed by atoms with Gasteiger partial charge in [-0.2, -0.15) is 0 Å². The topological polar surface area (TPSA) is 41.8 Å². The van der Waals surface area contributed by atoms with Crippen LogP contribution in [0.5, 0.6) is 0 Å². The SMILES string of the molecule is Cc1ccc2c3c([nH]c2c1C)CCC(N)C3. The number of aromatic nitrogens is 1. The number of fused-ring (bicyclic) bond motifs is 3. The lowest BCUT2D eigenvalue weighted by Gasteiger charge is -2.18. The Morgan fingerprint density at radius 1 is 1.31 bits per heavy atom. The fourth-order valence-electron chi connectivity index (χ4n) is 2.76. The number of nitrogens with one attached hydrogen (secondary N) is 1. The molecule has 16 heavy (non-hydrogen) atoms. The number of rotatable bonds is 0. The van der Waals surface area contributed by atoms with Gasteiger partial charge in [0, 0.05) is 22.6 Å². The number of nitrogens with two attached hydrogens (primary N) is 1. The van der Waals surface area contributed by atoms with Gasteiger partial charge in [0.1, 0.15) is 0 Å². The highest BCUT2D eigenvalue weighted by atomic mass is 14.7. The lowest BCUT2D eigenvalue weighted by Crippen LogP contribution is -2.27. The molecule has 84 valence electrons. The summed E-state index contributed by atoms with van der Waals surface area (Å²) in [7, 11) is 0. The molecule has 0 aliphatic heterocycles. The average molecular weight is 214 g/mol. The minimum absolute atomic E-state index is 0.341. The van der Waals surface area contributed by atoms with Gasteiger partial charge in [-0.15, -0.1) is 0 Å². The Balaban J connectivity index is 2.29. The highest BCUT2D eigenvalue weighted by molar-refractivity contribution is 5.88. The Bertz CT molecular complexity index is 551. The quantitative estimate of drug-likeness (QED) is 0.695. The van der Waals surface area contributed by atoms with Gasteiger partial charge in [0.15, 0.2) is 0 Å². The minimum atomic E-state index is 0.341. The third kappa shape index (κ3) is 1.30. The molecule has 0 spiro atoms. The zero-order chi connectivity index (χ0) is 11.3. The second kappa shape index (κ2) is 3.36. The van der Waals surface area contributed by atoms with Crippen molar-refractivity contribution in [3.05, 3.63) is 34.5 Å². The van der Waals surface area contributed by atoms with Crippen LogP contribution in [0.2, 0.25) is 0 Å². The average Bonchev–Trinajstić information content (AvgIpc) is 2.62. The van der Waals surface area contributed by atoms with Crippen LogP contribution >= 0.6 is 0 Å². The van der Waals surface area contributed by atoms with Gasteiger partial charge in [-0.05, 0) is 49.8 Å². The molecule has 0 fully saturated rings. The van der Waals surface area contributed by atoms with Gasteiger partial charge in [0.05, 0.1) is 0 Å². The molecule has 1 unspecified atom stereocenters. The summed E-state index contributed by atoms with van der Waals surface area (Å²) in [6.45, 7) is 4.36. The first-order chi connectivity index (χ1) is 7.66. The molecule has 2 nitrogen and oxygen atoms in total. The van der Waals surface area contributed by atoms with E-state index in [4.69, 9.17) is 5.73 Å². The summed E-state index contributed by atoms with van der Waals surface area (Å²) in [6, 6.07) is 4.80. The van der Waals surface area contributed by atoms with Crippen molar-refractivity contribution in [1.82, 2.24) is 4.98 Å². The van der Waals surface area contributed by atoms with E-state index in [2.05, 4.69) is 31.0 Å². The van der Waals surface area contributed by atoms with Crippen molar-refractivity contribution in [2.24, 2.45) is 5.73 Å². The van der Waals surface area contributed by atoms with Gasteiger partial charge < -0.3 is 10.7 Å². The Morgan fingerprint density at radius 3 is 2.94 bits per heavy atom. The molecule has 1 atom stereocenters. The summed E-state index contributed by atoms with van der Waals surface area (Å²) in [5.74, 6) is 0. The number of hydrogen-bond donors (Lipinski definition) is 2. The van der Waals surface area contributed by atoms with Crippen LogP contribution in [0, 0.1) is 13.8 Å². The predicted octanol–water partition coefficient (Wildman–Crippen LogP) is 2.60. The van der Waals surface area contributed by atoms with Gasteiger partial charge in [-0.1, -0.05) is 12.1 Å². The fourth-order valence-corrected chi connectivity index (χ4v) is 2.76. The van der Waals surface area contributed by atoms with E-state index in [1.54, 1.807) is 0 Å². The molecule has 3 N–H and O–H groups in total. The van der Waals surface area contributed by atoms with E-state index < -0.39 is 0 Å². The maximum absolute atomic E-state index is 6.05.